The van der Waals surface area contributed by atoms with Crippen molar-refractivity contribution >= 4 is 32.4 Å². The fourth-order valence-corrected chi connectivity index (χ4v) is 5.67. The fraction of sp³-hybridized carbons (Fsp3) is 0.227. The molecule has 154 valence electrons. The third-order valence-electron chi connectivity index (χ3n) is 5.37. The first-order chi connectivity index (χ1) is 14.5. The molecule has 2 aliphatic heterocycles. The van der Waals surface area contributed by atoms with Gasteiger partial charge in [-0.15, -0.1) is 0 Å². The Bertz CT molecular complexity index is 1250. The molecule has 0 atom stereocenters. The zero-order chi connectivity index (χ0) is 20.7. The van der Waals surface area contributed by atoms with Crippen molar-refractivity contribution in [2.75, 3.05) is 17.6 Å². The molecule has 0 radical (unpaired) electrons. The van der Waals surface area contributed by atoms with E-state index in [1.807, 2.05) is 42.5 Å². The molecule has 0 aromatic heterocycles. The molecule has 2 heterocycles. The van der Waals surface area contributed by atoms with Gasteiger partial charge in [0.15, 0.2) is 11.5 Å². The van der Waals surface area contributed by atoms with Gasteiger partial charge in [-0.1, -0.05) is 30.3 Å². The Morgan fingerprint density at radius 1 is 1.03 bits per heavy atom. The molecular formula is C22H20N2O5S. The van der Waals surface area contributed by atoms with Crippen LogP contribution >= 0.6 is 0 Å². The molecule has 5 rings (SSSR count). The largest absolute Gasteiger partial charge is 0.454 e. The summed E-state index contributed by atoms with van der Waals surface area (Å²) in [5.74, 6) is 1.25. The number of benzene rings is 3. The molecule has 0 bridgehead atoms. The van der Waals surface area contributed by atoms with Crippen molar-refractivity contribution in [3.8, 4) is 11.5 Å². The predicted molar refractivity (Wildman–Crippen MR) is 112 cm³/mol. The number of rotatable bonds is 6. The molecule has 0 saturated carbocycles. The van der Waals surface area contributed by atoms with Gasteiger partial charge in [0.25, 0.3) is 10.0 Å². The molecule has 8 heteroatoms. The molecular weight excluding hydrogens is 404 g/mol. The van der Waals surface area contributed by atoms with Gasteiger partial charge >= 0.3 is 0 Å². The first-order valence-corrected chi connectivity index (χ1v) is 11.2. The zero-order valence-electron chi connectivity index (χ0n) is 16.1. The lowest BCUT2D eigenvalue weighted by Crippen LogP contribution is -2.30. The highest BCUT2D eigenvalue weighted by atomic mass is 32.2. The Balaban J connectivity index is 1.20. The quantitative estimate of drug-likeness (QED) is 0.657. The van der Waals surface area contributed by atoms with Crippen LogP contribution in [0.2, 0.25) is 0 Å². The number of fused-ring (bicyclic) bond motifs is 1. The number of nitrogens with zero attached hydrogens (tertiary/aromatic N) is 1. The van der Waals surface area contributed by atoms with Crippen LogP contribution in [0.15, 0.2) is 59.5 Å². The molecule has 0 saturated heterocycles. The Kier molecular flexibility index (Phi) is 4.51. The van der Waals surface area contributed by atoms with Crippen molar-refractivity contribution in [3.63, 3.8) is 0 Å². The van der Waals surface area contributed by atoms with E-state index in [1.54, 1.807) is 12.1 Å². The summed E-state index contributed by atoms with van der Waals surface area (Å²) in [7, 11) is -3.58. The molecule has 0 spiro atoms. The van der Waals surface area contributed by atoms with Crippen LogP contribution in [0.4, 0.5) is 5.69 Å². The molecule has 0 fully saturated rings. The van der Waals surface area contributed by atoms with Gasteiger partial charge in [0.05, 0.1) is 10.6 Å². The normalized spacial score (nSPS) is 15.5. The molecule has 3 aromatic carbocycles. The zero-order valence-corrected chi connectivity index (χ0v) is 16.9. The summed E-state index contributed by atoms with van der Waals surface area (Å²) in [5, 5.41) is 4.53. The molecule has 3 aromatic rings. The molecule has 1 amide bonds. The third kappa shape index (κ3) is 3.13. The standard InChI is InChI=1S/C22H20N2O5S/c25-21(23-13-15-9-10-18-19(12-15)29-14-28-18)8-3-11-24-17-6-1-4-16-5-2-7-20(22(16)17)30(24,26)27/h1-2,4-7,9-10,12H,3,8,11,13-14H2,(H,23,25). The Labute approximate surface area is 174 Å². The minimum absolute atomic E-state index is 0.125. The number of sulfonamides is 1. The average molecular weight is 424 g/mol. The second kappa shape index (κ2) is 7.21. The van der Waals surface area contributed by atoms with Crippen LogP contribution in [0, 0.1) is 0 Å². The summed E-state index contributed by atoms with van der Waals surface area (Å²) >= 11 is 0. The Hall–Kier alpha value is -3.26. The van der Waals surface area contributed by atoms with Gasteiger partial charge < -0.3 is 14.8 Å². The highest BCUT2D eigenvalue weighted by Gasteiger charge is 2.35. The van der Waals surface area contributed by atoms with Crippen LogP contribution in [-0.4, -0.2) is 27.7 Å². The number of hydrogen-bond acceptors (Lipinski definition) is 5. The summed E-state index contributed by atoms with van der Waals surface area (Å²) in [6.45, 7) is 0.845. The topological polar surface area (TPSA) is 84.9 Å². The minimum atomic E-state index is -3.58. The van der Waals surface area contributed by atoms with Crippen LogP contribution in [0.3, 0.4) is 0 Å². The van der Waals surface area contributed by atoms with Gasteiger partial charge in [0, 0.05) is 24.9 Å². The summed E-state index contributed by atoms with van der Waals surface area (Å²) in [5.41, 5.74) is 1.60. The number of ether oxygens (including phenoxy) is 2. The fourth-order valence-electron chi connectivity index (χ4n) is 3.92. The van der Waals surface area contributed by atoms with Gasteiger partial charge in [-0.25, -0.2) is 8.42 Å². The average Bonchev–Trinajstić information content (AvgIpc) is 3.30. The van der Waals surface area contributed by atoms with E-state index < -0.39 is 10.0 Å². The maximum Gasteiger partial charge on any atom is 0.265 e. The lowest BCUT2D eigenvalue weighted by atomic mass is 10.1. The van der Waals surface area contributed by atoms with E-state index in [1.165, 1.54) is 4.31 Å². The smallest absolute Gasteiger partial charge is 0.265 e. The van der Waals surface area contributed by atoms with Crippen LogP contribution in [0.25, 0.3) is 10.8 Å². The van der Waals surface area contributed by atoms with Crippen LogP contribution in [0.5, 0.6) is 11.5 Å². The lowest BCUT2D eigenvalue weighted by molar-refractivity contribution is -0.121. The molecule has 0 aliphatic carbocycles. The summed E-state index contributed by atoms with van der Waals surface area (Å²) in [4.78, 5) is 12.6. The maximum absolute atomic E-state index is 12.9. The van der Waals surface area contributed by atoms with Crippen LogP contribution in [-0.2, 0) is 21.4 Å². The van der Waals surface area contributed by atoms with E-state index in [-0.39, 0.29) is 25.7 Å². The maximum atomic E-state index is 12.9. The second-order valence-electron chi connectivity index (χ2n) is 7.28. The van der Waals surface area contributed by atoms with Crippen molar-refractivity contribution < 1.29 is 22.7 Å². The van der Waals surface area contributed by atoms with Crippen LogP contribution in [0.1, 0.15) is 18.4 Å². The van der Waals surface area contributed by atoms with Crippen molar-refractivity contribution in [2.45, 2.75) is 24.3 Å². The minimum Gasteiger partial charge on any atom is -0.454 e. The number of nitrogens with one attached hydrogen (secondary N) is 1. The van der Waals surface area contributed by atoms with Gasteiger partial charge in [-0.05, 0) is 41.6 Å². The highest BCUT2D eigenvalue weighted by molar-refractivity contribution is 7.93. The third-order valence-corrected chi connectivity index (χ3v) is 7.23. The predicted octanol–water partition coefficient (Wildman–Crippen LogP) is 3.17. The van der Waals surface area contributed by atoms with E-state index in [4.69, 9.17) is 9.47 Å². The van der Waals surface area contributed by atoms with E-state index >= 15 is 0 Å². The van der Waals surface area contributed by atoms with Gasteiger partial charge in [-0.2, -0.15) is 0 Å². The van der Waals surface area contributed by atoms with Gasteiger partial charge in [0.1, 0.15) is 0 Å². The van der Waals surface area contributed by atoms with Gasteiger partial charge in [-0.3, -0.25) is 9.10 Å². The second-order valence-corrected chi connectivity index (χ2v) is 9.11. The van der Waals surface area contributed by atoms with Gasteiger partial charge in [0.2, 0.25) is 12.7 Å². The number of carbonyl (C=O) groups excluding carboxylic acids is 1. The van der Waals surface area contributed by atoms with E-state index in [9.17, 15) is 13.2 Å². The molecule has 1 N–H and O–H groups in total. The summed E-state index contributed by atoms with van der Waals surface area (Å²) < 4.78 is 37.9. The first-order valence-electron chi connectivity index (χ1n) is 9.74. The number of anilines is 1. The lowest BCUT2D eigenvalue weighted by Gasteiger charge is -2.18. The van der Waals surface area contributed by atoms with Crippen molar-refractivity contribution in [1.82, 2.24) is 5.32 Å². The SMILES string of the molecule is O=C(CCCN1c2cccc3cccc(c23)S1(=O)=O)NCc1ccc2c(c1)OCO2. The Morgan fingerprint density at radius 2 is 1.83 bits per heavy atom. The summed E-state index contributed by atoms with van der Waals surface area (Å²) in [6.07, 6.45) is 0.666. The van der Waals surface area contributed by atoms with Crippen molar-refractivity contribution in [2.24, 2.45) is 0 Å². The first kappa shape index (κ1) is 18.7. The molecule has 2 aliphatic rings. The Morgan fingerprint density at radius 3 is 2.70 bits per heavy atom. The van der Waals surface area contributed by atoms with Crippen molar-refractivity contribution in [3.05, 3.63) is 60.2 Å². The summed E-state index contributed by atoms with van der Waals surface area (Å²) in [6, 6.07) is 16.4. The van der Waals surface area contributed by atoms with Crippen molar-refractivity contribution in [1.29, 1.82) is 0 Å². The van der Waals surface area contributed by atoms with E-state index in [2.05, 4.69) is 5.32 Å². The van der Waals surface area contributed by atoms with E-state index in [0.717, 1.165) is 16.3 Å². The van der Waals surface area contributed by atoms with E-state index in [0.29, 0.717) is 35.0 Å². The molecule has 7 nitrogen and oxygen atoms in total. The number of hydrogen-bond donors (Lipinski definition) is 1. The molecule has 30 heavy (non-hydrogen) atoms. The number of amides is 1. The number of carbonyl (C=O) groups is 1. The highest BCUT2D eigenvalue weighted by Crippen LogP contribution is 2.42. The monoisotopic (exact) mass is 424 g/mol. The molecule has 0 unspecified atom stereocenters. The van der Waals surface area contributed by atoms with Crippen LogP contribution < -0.4 is 19.1 Å².